The molecule has 7 heteroatoms. The number of carbonyl (C=O) groups is 1. The molecule has 1 N–H and O–H groups in total. The molecule has 0 spiro atoms. The maximum Gasteiger partial charge on any atom is 0.282 e. The fourth-order valence-corrected chi connectivity index (χ4v) is 2.03. The van der Waals surface area contributed by atoms with Crippen LogP contribution in [0.1, 0.15) is 30.1 Å². The number of ether oxygens (including phenoxy) is 1. The smallest absolute Gasteiger partial charge is 0.282 e. The van der Waals surface area contributed by atoms with Gasteiger partial charge in [-0.2, -0.15) is 0 Å². The SMILES string of the molecule is CCCC(COC)NC(=O)c1cc(Cl)ccc1[N+](=O)[O-]. The summed E-state index contributed by atoms with van der Waals surface area (Å²) in [6.45, 7) is 2.34. The first-order chi connectivity index (χ1) is 9.49. The van der Waals surface area contributed by atoms with Gasteiger partial charge in [-0.1, -0.05) is 24.9 Å². The van der Waals surface area contributed by atoms with Crippen LogP contribution in [0.5, 0.6) is 0 Å². The Balaban J connectivity index is 2.95. The normalized spacial score (nSPS) is 11.9. The second-order valence-electron chi connectivity index (χ2n) is 4.33. The Bertz CT molecular complexity index is 487. The first-order valence-electron chi connectivity index (χ1n) is 6.23. The van der Waals surface area contributed by atoms with Crippen LogP contribution in [0, 0.1) is 10.1 Å². The zero-order valence-electron chi connectivity index (χ0n) is 11.4. The number of amides is 1. The van der Waals surface area contributed by atoms with E-state index in [2.05, 4.69) is 5.32 Å². The lowest BCUT2D eigenvalue weighted by Gasteiger charge is -2.17. The van der Waals surface area contributed by atoms with Crippen molar-refractivity contribution in [3.63, 3.8) is 0 Å². The molecule has 0 saturated heterocycles. The van der Waals surface area contributed by atoms with Crippen LogP contribution in [0.4, 0.5) is 5.69 Å². The third kappa shape index (κ3) is 4.47. The van der Waals surface area contributed by atoms with E-state index < -0.39 is 10.8 Å². The number of carbonyl (C=O) groups excluding carboxylic acids is 1. The number of methoxy groups -OCH3 is 1. The molecule has 1 aromatic rings. The summed E-state index contributed by atoms with van der Waals surface area (Å²) in [4.78, 5) is 22.5. The van der Waals surface area contributed by atoms with E-state index in [0.29, 0.717) is 6.61 Å². The van der Waals surface area contributed by atoms with Crippen molar-refractivity contribution in [3.8, 4) is 0 Å². The average molecular weight is 301 g/mol. The number of nitro benzene ring substituents is 1. The summed E-state index contributed by atoms with van der Waals surface area (Å²) in [6.07, 6.45) is 1.60. The predicted molar refractivity (Wildman–Crippen MR) is 76.1 cm³/mol. The molecule has 0 fully saturated rings. The van der Waals surface area contributed by atoms with E-state index in [0.717, 1.165) is 12.8 Å². The van der Waals surface area contributed by atoms with Crippen molar-refractivity contribution in [3.05, 3.63) is 38.9 Å². The minimum Gasteiger partial charge on any atom is -0.383 e. The largest absolute Gasteiger partial charge is 0.383 e. The maximum absolute atomic E-state index is 12.2. The second kappa shape index (κ2) is 7.81. The quantitative estimate of drug-likeness (QED) is 0.620. The van der Waals surface area contributed by atoms with Gasteiger partial charge in [-0.05, 0) is 18.6 Å². The number of hydrogen-bond donors (Lipinski definition) is 1. The van der Waals surface area contributed by atoms with Gasteiger partial charge in [0, 0.05) is 18.2 Å². The van der Waals surface area contributed by atoms with Crippen LogP contribution in [0.25, 0.3) is 0 Å². The van der Waals surface area contributed by atoms with Crippen LogP contribution in [-0.4, -0.2) is 30.6 Å². The molecule has 0 aliphatic heterocycles. The minimum atomic E-state index is -0.601. The second-order valence-corrected chi connectivity index (χ2v) is 4.77. The molecule has 1 rings (SSSR count). The van der Waals surface area contributed by atoms with Gasteiger partial charge in [-0.3, -0.25) is 14.9 Å². The maximum atomic E-state index is 12.2. The first kappa shape index (κ1) is 16.4. The highest BCUT2D eigenvalue weighted by molar-refractivity contribution is 6.31. The van der Waals surface area contributed by atoms with Gasteiger partial charge in [0.05, 0.1) is 17.6 Å². The van der Waals surface area contributed by atoms with Gasteiger partial charge in [-0.25, -0.2) is 0 Å². The Kier molecular flexibility index (Phi) is 6.41. The molecule has 0 aliphatic carbocycles. The standard InChI is InChI=1S/C13H17ClN2O4/c1-3-4-10(8-20-2)15-13(17)11-7-9(14)5-6-12(11)16(18)19/h5-7,10H,3-4,8H2,1-2H3,(H,15,17). The lowest BCUT2D eigenvalue weighted by molar-refractivity contribution is -0.385. The molecular weight excluding hydrogens is 284 g/mol. The van der Waals surface area contributed by atoms with Crippen molar-refractivity contribution in [2.75, 3.05) is 13.7 Å². The molecule has 20 heavy (non-hydrogen) atoms. The zero-order valence-corrected chi connectivity index (χ0v) is 12.1. The van der Waals surface area contributed by atoms with E-state index in [1.54, 1.807) is 0 Å². The molecule has 0 saturated carbocycles. The van der Waals surface area contributed by atoms with E-state index in [1.165, 1.54) is 25.3 Å². The molecule has 1 amide bonds. The average Bonchev–Trinajstić information content (AvgIpc) is 2.38. The summed E-state index contributed by atoms with van der Waals surface area (Å²) < 4.78 is 5.02. The fraction of sp³-hybridized carbons (Fsp3) is 0.462. The Morgan fingerprint density at radius 1 is 1.55 bits per heavy atom. The lowest BCUT2D eigenvalue weighted by atomic mass is 10.1. The van der Waals surface area contributed by atoms with E-state index in [4.69, 9.17) is 16.3 Å². The monoisotopic (exact) mass is 300 g/mol. The predicted octanol–water partition coefficient (Wildman–Crippen LogP) is 2.79. The summed E-state index contributed by atoms with van der Waals surface area (Å²) in [6, 6.07) is 3.72. The van der Waals surface area contributed by atoms with Crippen molar-refractivity contribution >= 4 is 23.2 Å². The highest BCUT2D eigenvalue weighted by atomic mass is 35.5. The van der Waals surface area contributed by atoms with Gasteiger partial charge >= 0.3 is 0 Å². The van der Waals surface area contributed by atoms with Gasteiger partial charge in [0.2, 0.25) is 0 Å². The molecular formula is C13H17ClN2O4. The molecule has 1 unspecified atom stereocenters. The van der Waals surface area contributed by atoms with Crippen LogP contribution in [0.2, 0.25) is 5.02 Å². The van der Waals surface area contributed by atoms with Crippen LogP contribution < -0.4 is 5.32 Å². The Morgan fingerprint density at radius 2 is 2.25 bits per heavy atom. The molecule has 0 radical (unpaired) electrons. The number of hydrogen-bond acceptors (Lipinski definition) is 4. The van der Waals surface area contributed by atoms with Gasteiger partial charge in [0.1, 0.15) is 5.56 Å². The van der Waals surface area contributed by atoms with E-state index >= 15 is 0 Å². The van der Waals surface area contributed by atoms with Crippen molar-refractivity contribution in [1.29, 1.82) is 0 Å². The fourth-order valence-electron chi connectivity index (χ4n) is 1.86. The van der Waals surface area contributed by atoms with Gasteiger partial charge in [0.25, 0.3) is 11.6 Å². The van der Waals surface area contributed by atoms with Crippen molar-refractivity contribution in [2.24, 2.45) is 0 Å². The third-order valence-electron chi connectivity index (χ3n) is 2.74. The summed E-state index contributed by atoms with van der Waals surface area (Å²) in [5.41, 5.74) is -0.306. The minimum absolute atomic E-state index is 0.0419. The van der Waals surface area contributed by atoms with Crippen LogP contribution in [0.15, 0.2) is 18.2 Å². The van der Waals surface area contributed by atoms with Gasteiger partial charge in [0.15, 0.2) is 0 Å². The van der Waals surface area contributed by atoms with Crippen molar-refractivity contribution in [1.82, 2.24) is 5.32 Å². The molecule has 1 atom stereocenters. The Hall–Kier alpha value is -1.66. The number of nitro groups is 1. The number of nitrogens with zero attached hydrogens (tertiary/aromatic N) is 1. The topological polar surface area (TPSA) is 81.5 Å². The van der Waals surface area contributed by atoms with E-state index in [-0.39, 0.29) is 22.3 Å². The number of benzene rings is 1. The molecule has 1 aromatic carbocycles. The summed E-state index contributed by atoms with van der Waals surface area (Å²) in [5.74, 6) is -0.519. The van der Waals surface area contributed by atoms with E-state index in [1.807, 2.05) is 6.92 Å². The zero-order chi connectivity index (χ0) is 15.1. The lowest BCUT2D eigenvalue weighted by Crippen LogP contribution is -2.38. The molecule has 0 heterocycles. The van der Waals surface area contributed by atoms with Crippen LogP contribution in [0.3, 0.4) is 0 Å². The Morgan fingerprint density at radius 3 is 2.80 bits per heavy atom. The van der Waals surface area contributed by atoms with Crippen molar-refractivity contribution < 1.29 is 14.5 Å². The number of nitrogens with one attached hydrogen (secondary N) is 1. The molecule has 0 bridgehead atoms. The first-order valence-corrected chi connectivity index (χ1v) is 6.61. The summed E-state index contributed by atoms with van der Waals surface area (Å²) in [5, 5.41) is 13.9. The van der Waals surface area contributed by atoms with Crippen molar-refractivity contribution in [2.45, 2.75) is 25.8 Å². The Labute approximate surface area is 122 Å². The number of halogens is 1. The third-order valence-corrected chi connectivity index (χ3v) is 2.98. The van der Waals surface area contributed by atoms with Gasteiger partial charge in [-0.15, -0.1) is 0 Å². The molecule has 6 nitrogen and oxygen atoms in total. The summed E-state index contributed by atoms with van der Waals surface area (Å²) >= 11 is 5.80. The van der Waals surface area contributed by atoms with Crippen LogP contribution >= 0.6 is 11.6 Å². The van der Waals surface area contributed by atoms with Gasteiger partial charge < -0.3 is 10.1 Å². The van der Waals surface area contributed by atoms with Crippen LogP contribution in [-0.2, 0) is 4.74 Å². The highest BCUT2D eigenvalue weighted by Crippen LogP contribution is 2.22. The highest BCUT2D eigenvalue weighted by Gasteiger charge is 2.22. The number of rotatable bonds is 7. The molecule has 110 valence electrons. The molecule has 0 aliphatic rings. The summed E-state index contributed by atoms with van der Waals surface area (Å²) in [7, 11) is 1.54. The van der Waals surface area contributed by atoms with E-state index in [9.17, 15) is 14.9 Å². The molecule has 0 aromatic heterocycles.